The van der Waals surface area contributed by atoms with Gasteiger partial charge < -0.3 is 9.57 Å². The fourth-order valence-corrected chi connectivity index (χ4v) is 1.70. The molecule has 0 aliphatic heterocycles. The highest BCUT2D eigenvalue weighted by atomic mass is 16.6. The third kappa shape index (κ3) is 3.58. The summed E-state index contributed by atoms with van der Waals surface area (Å²) in [7, 11) is 1.54. The van der Waals surface area contributed by atoms with E-state index in [-0.39, 0.29) is 0 Å². The van der Waals surface area contributed by atoms with Crippen molar-refractivity contribution in [1.29, 1.82) is 0 Å². The van der Waals surface area contributed by atoms with Crippen LogP contribution in [-0.4, -0.2) is 12.8 Å². The number of ether oxygens (including phenoxy) is 1. The molecule has 19 heavy (non-hydrogen) atoms. The SMILES string of the molecule is CON=C(C)c1ccc(Oc2ccc(C)cc2)cc1. The average molecular weight is 255 g/mol. The lowest BCUT2D eigenvalue weighted by atomic mass is 10.1. The van der Waals surface area contributed by atoms with Crippen LogP contribution in [0.15, 0.2) is 53.7 Å². The Labute approximate surface area is 113 Å². The molecule has 0 atom stereocenters. The first-order valence-corrected chi connectivity index (χ1v) is 6.12. The molecular weight excluding hydrogens is 238 g/mol. The molecule has 0 unspecified atom stereocenters. The van der Waals surface area contributed by atoms with Crippen molar-refractivity contribution in [3.8, 4) is 11.5 Å². The molecule has 0 spiro atoms. The maximum absolute atomic E-state index is 5.76. The van der Waals surface area contributed by atoms with Crippen LogP contribution >= 0.6 is 0 Å². The lowest BCUT2D eigenvalue weighted by Crippen LogP contribution is -1.95. The van der Waals surface area contributed by atoms with Gasteiger partial charge in [-0.3, -0.25) is 0 Å². The van der Waals surface area contributed by atoms with Gasteiger partial charge in [0, 0.05) is 0 Å². The molecule has 0 bridgehead atoms. The first kappa shape index (κ1) is 13.1. The highest BCUT2D eigenvalue weighted by Crippen LogP contribution is 2.22. The Bertz CT molecular complexity index is 556. The minimum absolute atomic E-state index is 0.804. The Balaban J connectivity index is 2.10. The van der Waals surface area contributed by atoms with Crippen molar-refractivity contribution in [2.24, 2.45) is 5.16 Å². The number of hydrogen-bond acceptors (Lipinski definition) is 3. The van der Waals surface area contributed by atoms with Crippen LogP contribution in [0.25, 0.3) is 0 Å². The minimum atomic E-state index is 0.804. The molecular formula is C16H17NO2. The predicted molar refractivity (Wildman–Crippen MR) is 76.9 cm³/mol. The molecule has 3 nitrogen and oxygen atoms in total. The quantitative estimate of drug-likeness (QED) is 0.606. The lowest BCUT2D eigenvalue weighted by molar-refractivity contribution is 0.213. The molecule has 0 heterocycles. The van der Waals surface area contributed by atoms with Crippen LogP contribution in [0.1, 0.15) is 18.1 Å². The third-order valence-corrected chi connectivity index (χ3v) is 2.76. The molecule has 0 fully saturated rings. The van der Waals surface area contributed by atoms with Gasteiger partial charge in [-0.25, -0.2) is 0 Å². The van der Waals surface area contributed by atoms with Crippen molar-refractivity contribution in [1.82, 2.24) is 0 Å². The van der Waals surface area contributed by atoms with Crippen LogP contribution in [0.4, 0.5) is 0 Å². The van der Waals surface area contributed by atoms with Gasteiger partial charge in [0.15, 0.2) is 0 Å². The van der Waals surface area contributed by atoms with Crippen molar-refractivity contribution in [2.75, 3.05) is 7.11 Å². The van der Waals surface area contributed by atoms with Gasteiger partial charge in [-0.1, -0.05) is 22.9 Å². The molecule has 0 saturated carbocycles. The Hall–Kier alpha value is -2.29. The first-order valence-electron chi connectivity index (χ1n) is 6.12. The van der Waals surface area contributed by atoms with Crippen molar-refractivity contribution >= 4 is 5.71 Å². The highest BCUT2D eigenvalue weighted by molar-refractivity contribution is 5.98. The lowest BCUT2D eigenvalue weighted by Gasteiger charge is -2.07. The molecule has 0 radical (unpaired) electrons. The number of nitrogens with zero attached hydrogens (tertiary/aromatic N) is 1. The normalized spacial score (nSPS) is 11.2. The molecule has 0 N–H and O–H groups in total. The van der Waals surface area contributed by atoms with Crippen molar-refractivity contribution in [2.45, 2.75) is 13.8 Å². The van der Waals surface area contributed by atoms with E-state index in [0.717, 1.165) is 22.8 Å². The molecule has 0 aromatic heterocycles. The monoisotopic (exact) mass is 255 g/mol. The van der Waals surface area contributed by atoms with Crippen LogP contribution in [-0.2, 0) is 4.84 Å². The van der Waals surface area contributed by atoms with Gasteiger partial charge in [-0.2, -0.15) is 0 Å². The van der Waals surface area contributed by atoms with E-state index in [1.165, 1.54) is 5.56 Å². The summed E-state index contributed by atoms with van der Waals surface area (Å²) in [4.78, 5) is 4.75. The molecule has 2 rings (SSSR count). The number of aryl methyl sites for hydroxylation is 1. The summed E-state index contributed by atoms with van der Waals surface area (Å²) >= 11 is 0. The van der Waals surface area contributed by atoms with E-state index in [2.05, 4.69) is 12.1 Å². The number of oxime groups is 1. The van der Waals surface area contributed by atoms with Crippen molar-refractivity contribution in [3.63, 3.8) is 0 Å². The van der Waals surface area contributed by atoms with Crippen LogP contribution in [0, 0.1) is 6.92 Å². The van der Waals surface area contributed by atoms with Crippen molar-refractivity contribution < 1.29 is 9.57 Å². The standard InChI is InChI=1S/C16H17NO2/c1-12-4-8-15(9-5-12)19-16-10-6-14(7-11-16)13(2)17-18-3/h4-11H,1-3H3. The van der Waals surface area contributed by atoms with Gasteiger partial charge in [0.1, 0.15) is 18.6 Å². The van der Waals surface area contributed by atoms with Gasteiger partial charge in [0.05, 0.1) is 5.71 Å². The zero-order valence-electron chi connectivity index (χ0n) is 11.4. The maximum Gasteiger partial charge on any atom is 0.127 e. The second kappa shape index (κ2) is 6.05. The third-order valence-electron chi connectivity index (χ3n) is 2.76. The van der Waals surface area contributed by atoms with E-state index < -0.39 is 0 Å². The van der Waals surface area contributed by atoms with E-state index >= 15 is 0 Å². The second-order valence-corrected chi connectivity index (χ2v) is 4.30. The zero-order valence-corrected chi connectivity index (χ0v) is 11.4. The molecule has 3 heteroatoms. The zero-order chi connectivity index (χ0) is 13.7. The van der Waals surface area contributed by atoms with Crippen molar-refractivity contribution in [3.05, 3.63) is 59.7 Å². The van der Waals surface area contributed by atoms with E-state index in [1.807, 2.05) is 55.5 Å². The largest absolute Gasteiger partial charge is 0.457 e. The molecule has 0 aliphatic carbocycles. The van der Waals surface area contributed by atoms with Crippen LogP contribution < -0.4 is 4.74 Å². The Kier molecular flexibility index (Phi) is 4.18. The smallest absolute Gasteiger partial charge is 0.127 e. The molecule has 0 saturated heterocycles. The summed E-state index contributed by atoms with van der Waals surface area (Å²) in [5, 5.41) is 3.89. The summed E-state index contributed by atoms with van der Waals surface area (Å²) in [6.45, 7) is 3.95. The summed E-state index contributed by atoms with van der Waals surface area (Å²) in [6.07, 6.45) is 0. The van der Waals surface area contributed by atoms with Gasteiger partial charge in [-0.15, -0.1) is 0 Å². The summed E-state index contributed by atoms with van der Waals surface area (Å²) in [5.74, 6) is 1.64. The maximum atomic E-state index is 5.76. The van der Waals surface area contributed by atoms with Crippen LogP contribution in [0.2, 0.25) is 0 Å². The topological polar surface area (TPSA) is 30.8 Å². The predicted octanol–water partition coefficient (Wildman–Crippen LogP) is 4.16. The van der Waals surface area contributed by atoms with Gasteiger partial charge in [-0.05, 0) is 55.8 Å². The first-order chi connectivity index (χ1) is 9.19. The average Bonchev–Trinajstić information content (AvgIpc) is 2.42. The molecule has 0 aliphatic rings. The second-order valence-electron chi connectivity index (χ2n) is 4.30. The van der Waals surface area contributed by atoms with Gasteiger partial charge in [0.25, 0.3) is 0 Å². The molecule has 98 valence electrons. The van der Waals surface area contributed by atoms with E-state index in [4.69, 9.17) is 9.57 Å². The summed E-state index contributed by atoms with van der Waals surface area (Å²) < 4.78 is 5.76. The van der Waals surface area contributed by atoms with Gasteiger partial charge >= 0.3 is 0 Å². The number of rotatable bonds is 4. The minimum Gasteiger partial charge on any atom is -0.457 e. The van der Waals surface area contributed by atoms with Crippen LogP contribution in [0.3, 0.4) is 0 Å². The van der Waals surface area contributed by atoms with Gasteiger partial charge in [0.2, 0.25) is 0 Å². The van der Waals surface area contributed by atoms with E-state index in [1.54, 1.807) is 7.11 Å². The number of benzene rings is 2. The summed E-state index contributed by atoms with van der Waals surface area (Å²) in [5.41, 5.74) is 3.07. The molecule has 2 aromatic rings. The fraction of sp³-hybridized carbons (Fsp3) is 0.188. The van der Waals surface area contributed by atoms with Crippen LogP contribution in [0.5, 0.6) is 11.5 Å². The Morgan fingerprint density at radius 1 is 0.895 bits per heavy atom. The number of hydrogen-bond donors (Lipinski definition) is 0. The highest BCUT2D eigenvalue weighted by Gasteiger charge is 2.00. The van der Waals surface area contributed by atoms with E-state index in [9.17, 15) is 0 Å². The molecule has 2 aromatic carbocycles. The van der Waals surface area contributed by atoms with E-state index in [0.29, 0.717) is 0 Å². The fourth-order valence-electron chi connectivity index (χ4n) is 1.70. The molecule has 0 amide bonds. The Morgan fingerprint density at radius 2 is 1.42 bits per heavy atom. The Morgan fingerprint density at radius 3 is 1.95 bits per heavy atom. The summed E-state index contributed by atoms with van der Waals surface area (Å²) in [6, 6.07) is 15.7.